The Balaban J connectivity index is 2.70. The summed E-state index contributed by atoms with van der Waals surface area (Å²) in [5, 5.41) is 2.43. The van der Waals surface area contributed by atoms with Crippen LogP contribution in [0.4, 0.5) is 0 Å². The van der Waals surface area contributed by atoms with Crippen molar-refractivity contribution in [2.45, 2.75) is 11.8 Å². The maximum atomic E-state index is 5.87. The Morgan fingerprint density at radius 3 is 2.50 bits per heavy atom. The molecule has 0 aliphatic carbocycles. The molecule has 0 unspecified atom stereocenters. The fraction of sp³-hybridized carbons (Fsp3) is 0.167. The Hall–Kier alpha value is -0.720. The van der Waals surface area contributed by atoms with Crippen molar-refractivity contribution in [3.63, 3.8) is 0 Å². The van der Waals surface area contributed by atoms with Crippen molar-refractivity contribution in [2.75, 3.05) is 0 Å². The van der Waals surface area contributed by atoms with Gasteiger partial charge >= 0.3 is 0 Å². The molecule has 0 aliphatic heterocycles. The first kappa shape index (κ1) is 9.82. The first-order valence-corrected chi connectivity index (χ1v) is 5.54. The third kappa shape index (κ3) is 1.73. The van der Waals surface area contributed by atoms with Gasteiger partial charge in [-0.3, -0.25) is 0 Å². The fourth-order valence-electron chi connectivity index (χ4n) is 1.58. The van der Waals surface area contributed by atoms with E-state index in [1.807, 2.05) is 18.2 Å². The number of hydrogen-bond acceptors (Lipinski definition) is 0. The minimum Gasteiger partial charge on any atom is -0.122 e. The average molecular weight is 225 g/mol. The summed E-state index contributed by atoms with van der Waals surface area (Å²) in [5.74, 6) is 1.09. The smallest absolute Gasteiger partial charge is 0.0480 e. The van der Waals surface area contributed by atoms with Crippen LogP contribution in [-0.4, -0.2) is 0 Å². The summed E-state index contributed by atoms with van der Waals surface area (Å²) in [6.45, 7) is 0. The van der Waals surface area contributed by atoms with Crippen molar-refractivity contribution in [1.29, 1.82) is 0 Å². The van der Waals surface area contributed by atoms with Gasteiger partial charge in [0.1, 0.15) is 0 Å². The summed E-state index contributed by atoms with van der Waals surface area (Å²) in [7, 11) is 0. The number of alkyl halides is 2. The highest BCUT2D eigenvalue weighted by atomic mass is 35.5. The molecule has 0 saturated heterocycles. The van der Waals surface area contributed by atoms with Crippen LogP contribution >= 0.6 is 23.2 Å². The Kier molecular flexibility index (Phi) is 2.95. The van der Waals surface area contributed by atoms with E-state index < -0.39 is 0 Å². The van der Waals surface area contributed by atoms with Crippen LogP contribution in [0.25, 0.3) is 10.8 Å². The van der Waals surface area contributed by atoms with Crippen molar-refractivity contribution in [1.82, 2.24) is 0 Å². The van der Waals surface area contributed by atoms with E-state index in [4.69, 9.17) is 23.2 Å². The second-order valence-corrected chi connectivity index (χ2v) is 3.77. The van der Waals surface area contributed by atoms with Gasteiger partial charge in [0, 0.05) is 11.8 Å². The maximum absolute atomic E-state index is 5.87. The monoisotopic (exact) mass is 224 g/mol. The van der Waals surface area contributed by atoms with E-state index in [1.54, 1.807) is 0 Å². The van der Waals surface area contributed by atoms with Crippen LogP contribution in [0.2, 0.25) is 0 Å². The lowest BCUT2D eigenvalue weighted by molar-refractivity contribution is 1.40. The van der Waals surface area contributed by atoms with Gasteiger partial charge in [-0.05, 0) is 28.0 Å². The zero-order valence-corrected chi connectivity index (χ0v) is 9.15. The van der Waals surface area contributed by atoms with E-state index >= 15 is 0 Å². The first-order chi connectivity index (χ1) is 6.85. The lowest BCUT2D eigenvalue weighted by Crippen LogP contribution is -1.84. The standard InChI is InChI=1S/C12H10Cl2/c13-7-9-4-5-10-2-1-3-11(8-14)12(10)6-9/h1-6H,7-8H2. The molecule has 0 saturated carbocycles. The molecule has 14 heavy (non-hydrogen) atoms. The van der Waals surface area contributed by atoms with Gasteiger partial charge in [0.2, 0.25) is 0 Å². The quantitative estimate of drug-likeness (QED) is 0.667. The van der Waals surface area contributed by atoms with Crippen LogP contribution in [0, 0.1) is 0 Å². The molecule has 2 heteroatoms. The van der Waals surface area contributed by atoms with Gasteiger partial charge in [-0.25, -0.2) is 0 Å². The fourth-order valence-corrected chi connectivity index (χ4v) is 1.98. The molecule has 0 aliphatic rings. The second kappa shape index (κ2) is 4.20. The molecule has 0 spiro atoms. The van der Waals surface area contributed by atoms with Gasteiger partial charge < -0.3 is 0 Å². The van der Waals surface area contributed by atoms with Crippen LogP contribution in [0.15, 0.2) is 36.4 Å². The summed E-state index contributed by atoms with van der Waals surface area (Å²) >= 11 is 11.7. The van der Waals surface area contributed by atoms with Crippen molar-refractivity contribution >= 4 is 34.0 Å². The van der Waals surface area contributed by atoms with E-state index in [0.29, 0.717) is 11.8 Å². The summed E-state index contributed by atoms with van der Waals surface area (Å²) in [4.78, 5) is 0. The zero-order chi connectivity index (χ0) is 9.97. The molecule has 0 radical (unpaired) electrons. The molecule has 2 rings (SSSR count). The third-order valence-corrected chi connectivity index (χ3v) is 2.93. The summed E-state index contributed by atoms with van der Waals surface area (Å²) in [5.41, 5.74) is 2.30. The topological polar surface area (TPSA) is 0 Å². The molecule has 2 aromatic rings. The number of halogens is 2. The lowest BCUT2D eigenvalue weighted by atomic mass is 10.0. The van der Waals surface area contributed by atoms with E-state index in [1.165, 1.54) is 10.8 Å². The molecule has 72 valence electrons. The van der Waals surface area contributed by atoms with Gasteiger partial charge in [0.05, 0.1) is 0 Å². The molecular formula is C12H10Cl2. The normalized spacial score (nSPS) is 10.7. The van der Waals surface area contributed by atoms with Gasteiger partial charge in [0.15, 0.2) is 0 Å². The van der Waals surface area contributed by atoms with E-state index in [2.05, 4.69) is 18.2 Å². The second-order valence-electron chi connectivity index (χ2n) is 3.24. The van der Waals surface area contributed by atoms with Gasteiger partial charge in [-0.2, -0.15) is 0 Å². The number of fused-ring (bicyclic) bond motifs is 1. The molecular weight excluding hydrogens is 215 g/mol. The van der Waals surface area contributed by atoms with Crippen LogP contribution in [0.5, 0.6) is 0 Å². The first-order valence-electron chi connectivity index (χ1n) is 4.47. The summed E-state index contributed by atoms with van der Waals surface area (Å²) < 4.78 is 0. The molecule has 0 nitrogen and oxygen atoms in total. The Morgan fingerprint density at radius 2 is 1.79 bits per heavy atom. The van der Waals surface area contributed by atoms with E-state index in [-0.39, 0.29) is 0 Å². The highest BCUT2D eigenvalue weighted by Gasteiger charge is 2.00. The molecule has 0 aromatic heterocycles. The largest absolute Gasteiger partial charge is 0.122 e. The SMILES string of the molecule is ClCc1ccc2cccc(CCl)c2c1. The Labute approximate surface area is 93.4 Å². The lowest BCUT2D eigenvalue weighted by Gasteiger charge is -2.04. The highest BCUT2D eigenvalue weighted by Crippen LogP contribution is 2.22. The average Bonchev–Trinajstić information content (AvgIpc) is 2.27. The minimum atomic E-state index is 0.545. The van der Waals surface area contributed by atoms with Gasteiger partial charge in [0.25, 0.3) is 0 Å². The molecule has 0 atom stereocenters. The zero-order valence-electron chi connectivity index (χ0n) is 7.63. The van der Waals surface area contributed by atoms with Crippen LogP contribution in [0.1, 0.15) is 11.1 Å². The Morgan fingerprint density at radius 1 is 0.929 bits per heavy atom. The predicted molar refractivity (Wildman–Crippen MR) is 63.1 cm³/mol. The molecule has 0 N–H and O–H groups in total. The van der Waals surface area contributed by atoms with Crippen molar-refractivity contribution in [3.05, 3.63) is 47.5 Å². The number of benzene rings is 2. The van der Waals surface area contributed by atoms with Crippen molar-refractivity contribution < 1.29 is 0 Å². The van der Waals surface area contributed by atoms with E-state index in [0.717, 1.165) is 11.1 Å². The molecule has 2 aromatic carbocycles. The Bertz CT molecular complexity index is 449. The van der Waals surface area contributed by atoms with Crippen LogP contribution < -0.4 is 0 Å². The van der Waals surface area contributed by atoms with Gasteiger partial charge in [-0.1, -0.05) is 30.3 Å². The van der Waals surface area contributed by atoms with Crippen LogP contribution in [-0.2, 0) is 11.8 Å². The van der Waals surface area contributed by atoms with Crippen LogP contribution in [0.3, 0.4) is 0 Å². The summed E-state index contributed by atoms with van der Waals surface area (Å²) in [6.07, 6.45) is 0. The maximum Gasteiger partial charge on any atom is 0.0480 e. The molecule has 0 bridgehead atoms. The molecule has 0 fully saturated rings. The molecule has 0 amide bonds. The van der Waals surface area contributed by atoms with E-state index in [9.17, 15) is 0 Å². The van der Waals surface area contributed by atoms with Crippen molar-refractivity contribution in [2.24, 2.45) is 0 Å². The number of rotatable bonds is 2. The minimum absolute atomic E-state index is 0.545. The number of hydrogen-bond donors (Lipinski definition) is 0. The molecule has 0 heterocycles. The van der Waals surface area contributed by atoms with Gasteiger partial charge in [-0.15, -0.1) is 23.2 Å². The highest BCUT2D eigenvalue weighted by molar-refractivity contribution is 6.18. The third-order valence-electron chi connectivity index (χ3n) is 2.34. The predicted octanol–water partition coefficient (Wildman–Crippen LogP) is 4.32. The van der Waals surface area contributed by atoms with Crippen molar-refractivity contribution in [3.8, 4) is 0 Å². The summed E-state index contributed by atoms with van der Waals surface area (Å²) in [6, 6.07) is 12.4.